The second-order valence-electron chi connectivity index (χ2n) is 7.58. The molecule has 4 amide bonds. The second kappa shape index (κ2) is 8.18. The summed E-state index contributed by atoms with van der Waals surface area (Å²) >= 11 is 0. The van der Waals surface area contributed by atoms with Crippen LogP contribution in [0.4, 0.5) is 10.5 Å². The molecule has 0 aliphatic carbocycles. The fourth-order valence-electron chi connectivity index (χ4n) is 3.73. The van der Waals surface area contributed by atoms with E-state index < -0.39 is 29.4 Å². The average molecular weight is 409 g/mol. The Balaban J connectivity index is 1.87. The molecule has 30 heavy (non-hydrogen) atoms. The molecular weight excluding hydrogens is 382 g/mol. The Morgan fingerprint density at radius 2 is 1.83 bits per heavy atom. The van der Waals surface area contributed by atoms with E-state index in [9.17, 15) is 14.4 Å². The summed E-state index contributed by atoms with van der Waals surface area (Å²) < 4.78 is 5.30. The molecule has 158 valence electrons. The fraction of sp³-hybridized carbons (Fsp3) is 0.348. The van der Waals surface area contributed by atoms with Crippen LogP contribution in [-0.4, -0.2) is 35.9 Å². The molecule has 1 saturated heterocycles. The molecule has 0 aromatic heterocycles. The number of aryl methyl sites for hydroxylation is 2. The third kappa shape index (κ3) is 3.63. The van der Waals surface area contributed by atoms with E-state index in [1.54, 1.807) is 38.3 Å². The van der Waals surface area contributed by atoms with Crippen LogP contribution in [0.25, 0.3) is 0 Å². The van der Waals surface area contributed by atoms with Crippen molar-refractivity contribution in [3.05, 3.63) is 59.2 Å². The third-order valence-electron chi connectivity index (χ3n) is 5.63. The van der Waals surface area contributed by atoms with Crippen molar-refractivity contribution in [3.63, 3.8) is 0 Å². The highest BCUT2D eigenvalue weighted by atomic mass is 16.5. The molecule has 0 bridgehead atoms. The van der Waals surface area contributed by atoms with E-state index in [1.165, 1.54) is 0 Å². The van der Waals surface area contributed by atoms with E-state index in [1.807, 2.05) is 39.0 Å². The molecule has 1 aliphatic heterocycles. The number of hydrogen-bond acceptors (Lipinski definition) is 4. The Bertz CT molecular complexity index is 986. The van der Waals surface area contributed by atoms with Crippen molar-refractivity contribution in [2.75, 3.05) is 12.4 Å². The molecular formula is C23H27N3O4. The first-order valence-electron chi connectivity index (χ1n) is 9.92. The van der Waals surface area contributed by atoms with Gasteiger partial charge in [-0.2, -0.15) is 0 Å². The standard InChI is InChI=1S/C23H27N3O4/c1-6-23(17-9-12-19(30-5)15(3)13-17)21(28)26(22(29)25-23)16(4)20(27)24-18-10-7-14(2)8-11-18/h7-13,16H,6H2,1-5H3,(H,24,27)(H,25,29). The summed E-state index contributed by atoms with van der Waals surface area (Å²) in [5.74, 6) is -0.171. The fourth-order valence-corrected chi connectivity index (χ4v) is 3.73. The topological polar surface area (TPSA) is 87.7 Å². The Morgan fingerprint density at radius 1 is 1.17 bits per heavy atom. The summed E-state index contributed by atoms with van der Waals surface area (Å²) in [6.45, 7) is 7.21. The second-order valence-corrected chi connectivity index (χ2v) is 7.58. The molecule has 2 aromatic carbocycles. The van der Waals surface area contributed by atoms with E-state index in [0.29, 0.717) is 23.4 Å². The van der Waals surface area contributed by atoms with Crippen LogP contribution in [0.1, 0.15) is 37.0 Å². The first-order valence-corrected chi connectivity index (χ1v) is 9.92. The number of amides is 4. The van der Waals surface area contributed by atoms with Gasteiger partial charge in [-0.3, -0.25) is 9.59 Å². The van der Waals surface area contributed by atoms with Gasteiger partial charge in [0.2, 0.25) is 5.91 Å². The lowest BCUT2D eigenvalue weighted by molar-refractivity contribution is -0.136. The van der Waals surface area contributed by atoms with E-state index in [0.717, 1.165) is 16.0 Å². The Labute approximate surface area is 176 Å². The predicted molar refractivity (Wildman–Crippen MR) is 114 cm³/mol. The number of anilines is 1. The minimum atomic E-state index is -1.22. The zero-order valence-electron chi connectivity index (χ0n) is 17.9. The summed E-state index contributed by atoms with van der Waals surface area (Å²) in [6.07, 6.45) is 0.353. The molecule has 3 rings (SSSR count). The number of carbonyl (C=O) groups is 3. The number of methoxy groups -OCH3 is 1. The van der Waals surface area contributed by atoms with Crippen LogP contribution in [0, 0.1) is 13.8 Å². The summed E-state index contributed by atoms with van der Waals surface area (Å²) in [7, 11) is 1.58. The number of urea groups is 1. The number of rotatable bonds is 6. The van der Waals surface area contributed by atoms with Crippen LogP contribution in [0.2, 0.25) is 0 Å². The molecule has 2 aromatic rings. The summed E-state index contributed by atoms with van der Waals surface area (Å²) in [6, 6.07) is 11.1. The zero-order valence-corrected chi connectivity index (χ0v) is 17.9. The van der Waals surface area contributed by atoms with Crippen molar-refractivity contribution in [2.45, 2.75) is 45.7 Å². The summed E-state index contributed by atoms with van der Waals surface area (Å²) in [5, 5.41) is 5.59. The maximum Gasteiger partial charge on any atom is 0.326 e. The number of benzene rings is 2. The summed E-state index contributed by atoms with van der Waals surface area (Å²) in [4.78, 5) is 39.9. The highest BCUT2D eigenvalue weighted by Crippen LogP contribution is 2.35. The SMILES string of the molecule is CCC1(c2ccc(OC)c(C)c2)NC(=O)N(C(C)C(=O)Nc2ccc(C)cc2)C1=O. The number of hydrogen-bond donors (Lipinski definition) is 2. The normalized spacial score (nSPS) is 19.4. The van der Waals surface area contributed by atoms with Gasteiger partial charge in [-0.15, -0.1) is 0 Å². The van der Waals surface area contributed by atoms with Gasteiger partial charge in [0.25, 0.3) is 5.91 Å². The van der Waals surface area contributed by atoms with E-state index in [2.05, 4.69) is 10.6 Å². The van der Waals surface area contributed by atoms with E-state index in [4.69, 9.17) is 4.74 Å². The predicted octanol–water partition coefficient (Wildman–Crippen LogP) is 3.50. The molecule has 0 saturated carbocycles. The lowest BCUT2D eigenvalue weighted by Crippen LogP contribution is -2.48. The number of imide groups is 1. The van der Waals surface area contributed by atoms with Crippen LogP contribution >= 0.6 is 0 Å². The van der Waals surface area contributed by atoms with Gasteiger partial charge < -0.3 is 15.4 Å². The lowest BCUT2D eigenvalue weighted by atomic mass is 9.86. The minimum absolute atomic E-state index is 0.353. The maximum atomic E-state index is 13.4. The van der Waals surface area contributed by atoms with Gasteiger partial charge in [0, 0.05) is 5.69 Å². The first-order chi connectivity index (χ1) is 14.2. The molecule has 1 aliphatic rings. The van der Waals surface area contributed by atoms with Crippen LogP contribution in [0.15, 0.2) is 42.5 Å². The number of carbonyl (C=O) groups excluding carboxylic acids is 3. The quantitative estimate of drug-likeness (QED) is 0.715. The monoisotopic (exact) mass is 409 g/mol. The van der Waals surface area contributed by atoms with E-state index >= 15 is 0 Å². The van der Waals surface area contributed by atoms with Gasteiger partial charge in [-0.1, -0.05) is 30.7 Å². The molecule has 2 atom stereocenters. The smallest absolute Gasteiger partial charge is 0.326 e. The number of nitrogens with one attached hydrogen (secondary N) is 2. The van der Waals surface area contributed by atoms with Crippen LogP contribution in [0.5, 0.6) is 5.75 Å². The van der Waals surface area contributed by atoms with Crippen molar-refractivity contribution < 1.29 is 19.1 Å². The third-order valence-corrected chi connectivity index (χ3v) is 5.63. The Kier molecular flexibility index (Phi) is 5.82. The molecule has 7 heteroatoms. The highest BCUT2D eigenvalue weighted by Gasteiger charge is 2.53. The zero-order chi connectivity index (χ0) is 22.1. The molecule has 2 unspecified atom stereocenters. The molecule has 2 N–H and O–H groups in total. The lowest BCUT2D eigenvalue weighted by Gasteiger charge is -2.27. The minimum Gasteiger partial charge on any atom is -0.496 e. The molecule has 1 fully saturated rings. The maximum absolute atomic E-state index is 13.4. The number of nitrogens with zero attached hydrogens (tertiary/aromatic N) is 1. The largest absolute Gasteiger partial charge is 0.496 e. The van der Waals surface area contributed by atoms with Crippen molar-refractivity contribution in [3.8, 4) is 5.75 Å². The Hall–Kier alpha value is -3.35. The summed E-state index contributed by atoms with van der Waals surface area (Å²) in [5.41, 5.74) is 1.98. The van der Waals surface area contributed by atoms with Gasteiger partial charge >= 0.3 is 6.03 Å². The van der Waals surface area contributed by atoms with Gasteiger partial charge in [0.05, 0.1) is 7.11 Å². The van der Waals surface area contributed by atoms with Crippen molar-refractivity contribution in [1.29, 1.82) is 0 Å². The Morgan fingerprint density at radius 3 is 2.40 bits per heavy atom. The molecule has 0 radical (unpaired) electrons. The van der Waals surface area contributed by atoms with Crippen molar-refractivity contribution in [1.82, 2.24) is 10.2 Å². The van der Waals surface area contributed by atoms with Crippen molar-refractivity contribution >= 4 is 23.5 Å². The molecule has 1 heterocycles. The average Bonchev–Trinajstić information content (AvgIpc) is 2.99. The molecule has 7 nitrogen and oxygen atoms in total. The molecule has 0 spiro atoms. The van der Waals surface area contributed by atoms with Gasteiger partial charge in [0.15, 0.2) is 0 Å². The highest BCUT2D eigenvalue weighted by molar-refractivity contribution is 6.11. The van der Waals surface area contributed by atoms with Crippen LogP contribution < -0.4 is 15.4 Å². The van der Waals surface area contributed by atoms with E-state index in [-0.39, 0.29) is 0 Å². The van der Waals surface area contributed by atoms with Gasteiger partial charge in [-0.05, 0) is 62.6 Å². The number of ether oxygens (including phenoxy) is 1. The van der Waals surface area contributed by atoms with Crippen LogP contribution in [-0.2, 0) is 15.1 Å². The van der Waals surface area contributed by atoms with Gasteiger partial charge in [-0.25, -0.2) is 9.69 Å². The first kappa shape index (κ1) is 21.4. The van der Waals surface area contributed by atoms with Crippen LogP contribution in [0.3, 0.4) is 0 Å². The van der Waals surface area contributed by atoms with Gasteiger partial charge in [0.1, 0.15) is 17.3 Å². The van der Waals surface area contributed by atoms with Crippen molar-refractivity contribution in [2.24, 2.45) is 0 Å².